The van der Waals surface area contributed by atoms with Gasteiger partial charge in [0.25, 0.3) is 0 Å². The van der Waals surface area contributed by atoms with Crippen LogP contribution in [0.15, 0.2) is 41.0 Å². The summed E-state index contributed by atoms with van der Waals surface area (Å²) in [6.07, 6.45) is 8.04. The van der Waals surface area contributed by atoms with Crippen molar-refractivity contribution in [3.8, 4) is 11.5 Å². The highest BCUT2D eigenvalue weighted by Gasteiger charge is 2.17. The monoisotopic (exact) mass is 303 g/mol. The molecule has 1 heterocycles. The highest BCUT2D eigenvalue weighted by Crippen LogP contribution is 2.25. The van der Waals surface area contributed by atoms with Crippen LogP contribution in [0.3, 0.4) is 0 Å². The van der Waals surface area contributed by atoms with Gasteiger partial charge in [-0.1, -0.05) is 37.5 Å². The summed E-state index contributed by atoms with van der Waals surface area (Å²) in [5, 5.41) is 0. The molecule has 0 radical (unpaired) electrons. The third-order valence-electron chi connectivity index (χ3n) is 4.03. The normalized spacial score (nSPS) is 17.7. The van der Waals surface area contributed by atoms with Gasteiger partial charge in [0.1, 0.15) is 6.26 Å². The van der Waals surface area contributed by atoms with Gasteiger partial charge in [-0.3, -0.25) is 4.21 Å². The molecule has 0 spiro atoms. The van der Waals surface area contributed by atoms with Gasteiger partial charge in [-0.2, -0.15) is 0 Å². The van der Waals surface area contributed by atoms with Crippen LogP contribution in [0, 0.1) is 5.92 Å². The number of rotatable bonds is 5. The summed E-state index contributed by atoms with van der Waals surface area (Å²) in [5.74, 6) is 2.57. The molecule has 0 N–H and O–H groups in total. The molecule has 1 aromatic heterocycles. The van der Waals surface area contributed by atoms with Crippen molar-refractivity contribution >= 4 is 10.8 Å². The van der Waals surface area contributed by atoms with Gasteiger partial charge in [0, 0.05) is 22.1 Å². The first-order valence-corrected chi connectivity index (χ1v) is 9.15. The van der Waals surface area contributed by atoms with Gasteiger partial charge in [0.05, 0.1) is 11.4 Å². The van der Waals surface area contributed by atoms with Crippen LogP contribution in [0.5, 0.6) is 0 Å². The molecular formula is C17H21NO2S. The summed E-state index contributed by atoms with van der Waals surface area (Å²) in [4.78, 5) is 4.45. The summed E-state index contributed by atoms with van der Waals surface area (Å²) in [7, 11) is -0.834. The topological polar surface area (TPSA) is 43.1 Å². The Morgan fingerprint density at radius 1 is 1.14 bits per heavy atom. The van der Waals surface area contributed by atoms with E-state index in [1.807, 2.05) is 30.3 Å². The van der Waals surface area contributed by atoms with Crippen LogP contribution in [0.1, 0.15) is 37.8 Å². The lowest BCUT2D eigenvalue weighted by Crippen LogP contribution is -2.15. The van der Waals surface area contributed by atoms with E-state index in [1.165, 1.54) is 32.1 Å². The fourth-order valence-electron chi connectivity index (χ4n) is 2.93. The van der Waals surface area contributed by atoms with Crippen LogP contribution in [-0.4, -0.2) is 14.9 Å². The molecule has 1 aliphatic carbocycles. The van der Waals surface area contributed by atoms with E-state index < -0.39 is 10.8 Å². The summed E-state index contributed by atoms with van der Waals surface area (Å²) in [6, 6.07) is 9.82. The number of nitrogens with zero attached hydrogens (tertiary/aromatic N) is 1. The van der Waals surface area contributed by atoms with Crippen molar-refractivity contribution < 1.29 is 8.63 Å². The second kappa shape index (κ2) is 7.03. The van der Waals surface area contributed by atoms with E-state index in [4.69, 9.17) is 4.42 Å². The maximum absolute atomic E-state index is 12.3. The molecule has 112 valence electrons. The minimum Gasteiger partial charge on any atom is -0.444 e. The standard InChI is InChI=1S/C17H21NO2S/c19-21(12-14-7-3-1-4-8-14)13-16-11-20-17(18-16)15-9-5-2-6-10-15/h2,5-6,9-11,14H,1,3-4,7-8,12-13H2. The van der Waals surface area contributed by atoms with Crippen LogP contribution in [0.25, 0.3) is 11.5 Å². The van der Waals surface area contributed by atoms with Crippen LogP contribution >= 0.6 is 0 Å². The molecule has 3 nitrogen and oxygen atoms in total. The lowest BCUT2D eigenvalue weighted by molar-refractivity contribution is 0.388. The summed E-state index contributed by atoms with van der Waals surface area (Å²) in [5.41, 5.74) is 1.75. The highest BCUT2D eigenvalue weighted by atomic mass is 32.2. The maximum atomic E-state index is 12.3. The minimum atomic E-state index is -0.834. The van der Waals surface area contributed by atoms with Crippen molar-refractivity contribution in [2.24, 2.45) is 5.92 Å². The molecule has 1 fully saturated rings. The van der Waals surface area contributed by atoms with Gasteiger partial charge in [0.2, 0.25) is 5.89 Å². The number of hydrogen-bond acceptors (Lipinski definition) is 3. The number of hydrogen-bond donors (Lipinski definition) is 0. The van der Waals surface area contributed by atoms with Crippen molar-refractivity contribution in [3.05, 3.63) is 42.3 Å². The van der Waals surface area contributed by atoms with E-state index in [0.29, 0.717) is 17.6 Å². The lowest BCUT2D eigenvalue weighted by atomic mass is 9.91. The fraction of sp³-hybridized carbons (Fsp3) is 0.471. The van der Waals surface area contributed by atoms with Crippen LogP contribution in [0.4, 0.5) is 0 Å². The lowest BCUT2D eigenvalue weighted by Gasteiger charge is -2.20. The van der Waals surface area contributed by atoms with Crippen molar-refractivity contribution in [2.45, 2.75) is 37.9 Å². The van der Waals surface area contributed by atoms with E-state index in [9.17, 15) is 4.21 Å². The third kappa shape index (κ3) is 4.03. The Bertz CT molecular complexity index is 588. The quantitative estimate of drug-likeness (QED) is 0.832. The zero-order valence-electron chi connectivity index (χ0n) is 12.2. The Hall–Kier alpha value is -1.42. The van der Waals surface area contributed by atoms with Crippen molar-refractivity contribution in [3.63, 3.8) is 0 Å². The molecule has 1 aliphatic rings. The van der Waals surface area contributed by atoms with E-state index >= 15 is 0 Å². The van der Waals surface area contributed by atoms with Crippen molar-refractivity contribution in [2.75, 3.05) is 5.75 Å². The smallest absolute Gasteiger partial charge is 0.226 e. The molecule has 21 heavy (non-hydrogen) atoms. The van der Waals surface area contributed by atoms with Crippen LogP contribution in [-0.2, 0) is 16.6 Å². The SMILES string of the molecule is O=S(Cc1coc(-c2ccccc2)n1)CC1CCCCC1. The Morgan fingerprint density at radius 3 is 2.67 bits per heavy atom. The zero-order chi connectivity index (χ0) is 14.5. The summed E-state index contributed by atoms with van der Waals surface area (Å²) >= 11 is 0. The molecule has 0 bridgehead atoms. The average Bonchev–Trinajstić information content (AvgIpc) is 2.97. The minimum absolute atomic E-state index is 0.507. The molecular weight excluding hydrogens is 282 g/mol. The highest BCUT2D eigenvalue weighted by molar-refractivity contribution is 7.84. The average molecular weight is 303 g/mol. The molecule has 0 amide bonds. The van der Waals surface area contributed by atoms with Gasteiger partial charge < -0.3 is 4.42 Å². The molecule has 2 aromatic rings. The van der Waals surface area contributed by atoms with Crippen LogP contribution < -0.4 is 0 Å². The molecule has 3 rings (SSSR count). The largest absolute Gasteiger partial charge is 0.444 e. The van der Waals surface area contributed by atoms with E-state index in [0.717, 1.165) is 17.0 Å². The van der Waals surface area contributed by atoms with Crippen molar-refractivity contribution in [1.29, 1.82) is 0 Å². The van der Waals surface area contributed by atoms with Gasteiger partial charge in [-0.25, -0.2) is 4.98 Å². The summed E-state index contributed by atoms with van der Waals surface area (Å²) < 4.78 is 17.8. The fourth-order valence-corrected chi connectivity index (χ4v) is 4.37. The molecule has 1 aromatic carbocycles. The Balaban J connectivity index is 1.58. The molecule has 0 saturated heterocycles. The molecule has 0 aliphatic heterocycles. The van der Waals surface area contributed by atoms with Gasteiger partial charge in [0.15, 0.2) is 0 Å². The summed E-state index contributed by atoms with van der Waals surface area (Å²) in [6.45, 7) is 0. The Kier molecular flexibility index (Phi) is 4.86. The molecule has 1 atom stereocenters. The van der Waals surface area contributed by atoms with Gasteiger partial charge >= 0.3 is 0 Å². The van der Waals surface area contributed by atoms with E-state index in [1.54, 1.807) is 6.26 Å². The van der Waals surface area contributed by atoms with Gasteiger partial charge in [-0.05, 0) is 30.9 Å². The van der Waals surface area contributed by atoms with Gasteiger partial charge in [-0.15, -0.1) is 0 Å². The molecule has 1 unspecified atom stereocenters. The predicted octanol–water partition coefficient (Wildman–Crippen LogP) is 4.17. The zero-order valence-corrected chi connectivity index (χ0v) is 13.0. The number of benzene rings is 1. The number of oxazole rings is 1. The molecule has 1 saturated carbocycles. The third-order valence-corrected chi connectivity index (χ3v) is 5.49. The Morgan fingerprint density at radius 2 is 1.90 bits per heavy atom. The first kappa shape index (κ1) is 14.5. The second-order valence-corrected chi connectivity index (χ2v) is 7.27. The van der Waals surface area contributed by atoms with Crippen molar-refractivity contribution in [1.82, 2.24) is 4.98 Å². The van der Waals surface area contributed by atoms with E-state index in [2.05, 4.69) is 4.98 Å². The maximum Gasteiger partial charge on any atom is 0.226 e. The van der Waals surface area contributed by atoms with E-state index in [-0.39, 0.29) is 0 Å². The first-order chi connectivity index (χ1) is 10.3. The second-order valence-electron chi connectivity index (χ2n) is 5.76. The Labute approximate surface area is 128 Å². The number of aromatic nitrogens is 1. The predicted molar refractivity (Wildman–Crippen MR) is 85.2 cm³/mol. The van der Waals surface area contributed by atoms with Crippen LogP contribution in [0.2, 0.25) is 0 Å². The first-order valence-electron chi connectivity index (χ1n) is 7.66. The molecule has 4 heteroatoms.